The SMILES string of the molecule is COc1ccc(S(=O)(=O)N2CC[C@@H](C)[C@@H](N(C)c3ccnc4[nH]ccc34)C2)cc1. The minimum Gasteiger partial charge on any atom is -0.497 e. The van der Waals surface area contributed by atoms with Crippen molar-refractivity contribution in [2.24, 2.45) is 5.92 Å². The third-order valence-electron chi connectivity index (χ3n) is 5.89. The van der Waals surface area contributed by atoms with Crippen molar-refractivity contribution in [3.63, 3.8) is 0 Å². The lowest BCUT2D eigenvalue weighted by molar-refractivity contribution is 0.248. The van der Waals surface area contributed by atoms with E-state index in [9.17, 15) is 8.42 Å². The molecule has 0 bridgehead atoms. The highest BCUT2D eigenvalue weighted by Crippen LogP contribution is 2.32. The van der Waals surface area contributed by atoms with E-state index in [2.05, 4.69) is 21.8 Å². The van der Waals surface area contributed by atoms with E-state index < -0.39 is 10.0 Å². The number of piperidine rings is 1. The Balaban J connectivity index is 1.61. The predicted octanol–water partition coefficient (Wildman–Crippen LogP) is 3.11. The Labute approximate surface area is 171 Å². The monoisotopic (exact) mass is 414 g/mol. The molecule has 3 heterocycles. The molecule has 0 radical (unpaired) electrons. The van der Waals surface area contributed by atoms with Gasteiger partial charge in [0.05, 0.1) is 12.0 Å². The van der Waals surface area contributed by atoms with E-state index in [1.165, 1.54) is 0 Å². The first-order valence-electron chi connectivity index (χ1n) is 9.71. The van der Waals surface area contributed by atoms with Crippen LogP contribution in [0.4, 0.5) is 5.69 Å². The fourth-order valence-electron chi connectivity index (χ4n) is 4.07. The van der Waals surface area contributed by atoms with E-state index in [-0.39, 0.29) is 6.04 Å². The van der Waals surface area contributed by atoms with Gasteiger partial charge in [0, 0.05) is 49.6 Å². The molecule has 1 N–H and O–H groups in total. The molecule has 0 spiro atoms. The summed E-state index contributed by atoms with van der Waals surface area (Å²) in [6, 6.07) is 10.6. The molecule has 1 aliphatic heterocycles. The standard InChI is InChI=1S/C21H26N4O3S/c1-15-10-13-25(29(26,27)17-6-4-16(28-3)5-7-17)14-20(15)24(2)19-9-12-23-21-18(19)8-11-22-21/h4-9,11-12,15,20H,10,13-14H2,1-3H3,(H,22,23)/t15-,20+/m1/s1. The van der Waals surface area contributed by atoms with Gasteiger partial charge < -0.3 is 14.6 Å². The normalized spacial score (nSPS) is 20.7. The van der Waals surface area contributed by atoms with Gasteiger partial charge in [0.15, 0.2) is 0 Å². The minimum absolute atomic E-state index is 0.0669. The summed E-state index contributed by atoms with van der Waals surface area (Å²) in [5, 5.41) is 1.04. The van der Waals surface area contributed by atoms with Crippen LogP contribution in [0.2, 0.25) is 0 Å². The first-order valence-corrected chi connectivity index (χ1v) is 11.1. The quantitative estimate of drug-likeness (QED) is 0.694. The van der Waals surface area contributed by atoms with Crippen molar-refractivity contribution in [1.29, 1.82) is 0 Å². The van der Waals surface area contributed by atoms with E-state index in [4.69, 9.17) is 4.74 Å². The molecule has 29 heavy (non-hydrogen) atoms. The molecule has 1 saturated heterocycles. The number of rotatable bonds is 5. The number of anilines is 1. The second-order valence-corrected chi connectivity index (χ2v) is 9.49. The fraction of sp³-hybridized carbons (Fsp3) is 0.381. The number of hydrogen-bond donors (Lipinski definition) is 1. The number of aromatic nitrogens is 2. The van der Waals surface area contributed by atoms with Gasteiger partial charge in [0.1, 0.15) is 11.4 Å². The van der Waals surface area contributed by atoms with E-state index in [1.54, 1.807) is 41.9 Å². The molecule has 154 valence electrons. The maximum Gasteiger partial charge on any atom is 0.243 e. The second-order valence-electron chi connectivity index (χ2n) is 7.55. The van der Waals surface area contributed by atoms with Crippen molar-refractivity contribution < 1.29 is 13.2 Å². The van der Waals surface area contributed by atoms with Gasteiger partial charge in [-0.3, -0.25) is 0 Å². The number of fused-ring (bicyclic) bond motifs is 1. The average molecular weight is 415 g/mol. The number of aromatic amines is 1. The number of sulfonamides is 1. The first-order chi connectivity index (χ1) is 13.9. The van der Waals surface area contributed by atoms with Crippen molar-refractivity contribution in [3.05, 3.63) is 48.8 Å². The molecule has 2 atom stereocenters. The van der Waals surface area contributed by atoms with E-state index in [0.717, 1.165) is 23.1 Å². The summed E-state index contributed by atoms with van der Waals surface area (Å²) in [4.78, 5) is 9.99. The maximum absolute atomic E-state index is 13.2. The Hall–Kier alpha value is -2.58. The molecule has 0 aliphatic carbocycles. The predicted molar refractivity (Wildman–Crippen MR) is 114 cm³/mol. The number of likely N-dealkylation sites (N-methyl/N-ethyl adjacent to an activating group) is 1. The zero-order valence-corrected chi connectivity index (χ0v) is 17.7. The van der Waals surface area contributed by atoms with Crippen molar-refractivity contribution >= 4 is 26.7 Å². The molecular formula is C21H26N4O3S. The molecule has 0 amide bonds. The fourth-order valence-corrected chi connectivity index (χ4v) is 5.54. The Morgan fingerprint density at radius 3 is 2.69 bits per heavy atom. The summed E-state index contributed by atoms with van der Waals surface area (Å²) in [7, 11) is 0.0420. The number of ether oxygens (including phenoxy) is 1. The van der Waals surface area contributed by atoms with Crippen LogP contribution in [-0.2, 0) is 10.0 Å². The van der Waals surface area contributed by atoms with Crippen molar-refractivity contribution in [2.45, 2.75) is 24.3 Å². The summed E-state index contributed by atoms with van der Waals surface area (Å²) in [6.07, 6.45) is 4.47. The van der Waals surface area contributed by atoms with Gasteiger partial charge in [0.25, 0.3) is 0 Å². The third-order valence-corrected chi connectivity index (χ3v) is 7.77. The molecule has 4 rings (SSSR count). The van der Waals surface area contributed by atoms with Crippen LogP contribution in [0, 0.1) is 5.92 Å². The largest absolute Gasteiger partial charge is 0.497 e. The Morgan fingerprint density at radius 2 is 1.97 bits per heavy atom. The van der Waals surface area contributed by atoms with Crippen LogP contribution >= 0.6 is 0 Å². The van der Waals surface area contributed by atoms with Crippen LogP contribution in [0.5, 0.6) is 5.75 Å². The molecule has 7 nitrogen and oxygen atoms in total. The van der Waals surface area contributed by atoms with Crippen molar-refractivity contribution in [2.75, 3.05) is 32.1 Å². The van der Waals surface area contributed by atoms with Crippen molar-refractivity contribution in [3.8, 4) is 5.75 Å². The van der Waals surface area contributed by atoms with Gasteiger partial charge in [-0.2, -0.15) is 4.31 Å². The maximum atomic E-state index is 13.2. The molecular weight excluding hydrogens is 388 g/mol. The van der Waals surface area contributed by atoms with E-state index >= 15 is 0 Å². The molecule has 2 aromatic heterocycles. The number of benzene rings is 1. The molecule has 8 heteroatoms. The molecule has 1 aliphatic rings. The van der Waals surface area contributed by atoms with Crippen molar-refractivity contribution in [1.82, 2.24) is 14.3 Å². The zero-order chi connectivity index (χ0) is 20.6. The van der Waals surface area contributed by atoms with Crippen LogP contribution in [0.1, 0.15) is 13.3 Å². The number of H-pyrrole nitrogens is 1. The van der Waals surface area contributed by atoms with Crippen LogP contribution in [0.15, 0.2) is 53.7 Å². The lowest BCUT2D eigenvalue weighted by atomic mass is 9.93. The number of pyridine rings is 1. The molecule has 1 aromatic carbocycles. The lowest BCUT2D eigenvalue weighted by Gasteiger charge is -2.42. The number of nitrogens with one attached hydrogen (secondary N) is 1. The second kappa shape index (κ2) is 7.68. The summed E-state index contributed by atoms with van der Waals surface area (Å²) >= 11 is 0. The zero-order valence-electron chi connectivity index (χ0n) is 16.9. The van der Waals surface area contributed by atoms with E-state index in [0.29, 0.717) is 29.7 Å². The highest BCUT2D eigenvalue weighted by molar-refractivity contribution is 7.89. The summed E-state index contributed by atoms with van der Waals surface area (Å²) < 4.78 is 33.2. The summed E-state index contributed by atoms with van der Waals surface area (Å²) in [5.74, 6) is 1.01. The van der Waals surface area contributed by atoms with Gasteiger partial charge in [-0.05, 0) is 48.7 Å². The molecule has 3 aromatic rings. The number of nitrogens with zero attached hydrogens (tertiary/aromatic N) is 3. The first kappa shape index (κ1) is 19.7. The number of methoxy groups -OCH3 is 1. The van der Waals surface area contributed by atoms with Crippen LogP contribution in [0.3, 0.4) is 0 Å². The summed E-state index contributed by atoms with van der Waals surface area (Å²) in [5.41, 5.74) is 1.89. The Bertz CT molecular complexity index is 1090. The smallest absolute Gasteiger partial charge is 0.243 e. The van der Waals surface area contributed by atoms with E-state index in [1.807, 2.05) is 25.4 Å². The Morgan fingerprint density at radius 1 is 1.21 bits per heavy atom. The molecule has 0 saturated carbocycles. The average Bonchev–Trinajstić information content (AvgIpc) is 3.22. The topological polar surface area (TPSA) is 78.5 Å². The van der Waals surface area contributed by atoms with Gasteiger partial charge in [-0.25, -0.2) is 13.4 Å². The Kier molecular flexibility index (Phi) is 5.23. The third kappa shape index (κ3) is 3.58. The van der Waals surface area contributed by atoms with Gasteiger partial charge in [-0.15, -0.1) is 0 Å². The molecule has 1 fully saturated rings. The van der Waals surface area contributed by atoms with Crippen LogP contribution in [-0.4, -0.2) is 56.0 Å². The van der Waals surface area contributed by atoms with Crippen LogP contribution < -0.4 is 9.64 Å². The highest BCUT2D eigenvalue weighted by atomic mass is 32.2. The van der Waals surface area contributed by atoms with Gasteiger partial charge in [-0.1, -0.05) is 6.92 Å². The minimum atomic E-state index is -3.56. The molecule has 0 unspecified atom stereocenters. The summed E-state index contributed by atoms with van der Waals surface area (Å²) in [6.45, 7) is 3.16. The van der Waals surface area contributed by atoms with Crippen LogP contribution in [0.25, 0.3) is 11.0 Å². The van der Waals surface area contributed by atoms with Gasteiger partial charge in [0.2, 0.25) is 10.0 Å². The highest BCUT2D eigenvalue weighted by Gasteiger charge is 2.36. The number of hydrogen-bond acceptors (Lipinski definition) is 5. The van der Waals surface area contributed by atoms with Gasteiger partial charge >= 0.3 is 0 Å². The lowest BCUT2D eigenvalue weighted by Crippen LogP contribution is -2.52.